The number of rotatable bonds is 5. The molecule has 0 radical (unpaired) electrons. The fourth-order valence-electron chi connectivity index (χ4n) is 3.49. The summed E-state index contributed by atoms with van der Waals surface area (Å²) in [5, 5.41) is 7.05. The molecule has 7 nitrogen and oxygen atoms in total. The van der Waals surface area contributed by atoms with Gasteiger partial charge in [0.1, 0.15) is 5.75 Å². The van der Waals surface area contributed by atoms with E-state index in [0.29, 0.717) is 27.4 Å². The second kappa shape index (κ2) is 7.86. The number of nitrogens with zero attached hydrogens (tertiary/aromatic N) is 2. The number of benzene rings is 3. The van der Waals surface area contributed by atoms with E-state index in [1.807, 2.05) is 12.1 Å². The molecule has 0 saturated carbocycles. The van der Waals surface area contributed by atoms with Crippen molar-refractivity contribution in [3.05, 3.63) is 59.2 Å². The van der Waals surface area contributed by atoms with Crippen molar-refractivity contribution in [1.82, 2.24) is 9.78 Å². The van der Waals surface area contributed by atoms with E-state index in [1.54, 1.807) is 35.9 Å². The average molecular weight is 459 g/mol. The van der Waals surface area contributed by atoms with Crippen LogP contribution in [0, 0.1) is 0 Å². The smallest absolute Gasteiger partial charge is 0.359 e. The van der Waals surface area contributed by atoms with Crippen molar-refractivity contribution in [1.29, 1.82) is 0 Å². The molecule has 1 heterocycles. The Hall–Kier alpha value is -3.10. The van der Waals surface area contributed by atoms with Gasteiger partial charge in [0.25, 0.3) is 0 Å². The van der Waals surface area contributed by atoms with Gasteiger partial charge in [-0.3, -0.25) is 0 Å². The number of hydrogen-bond acceptors (Lipinski definition) is 6. The monoisotopic (exact) mass is 458 g/mol. The quantitative estimate of drug-likeness (QED) is 0.411. The first-order valence-corrected chi connectivity index (χ1v) is 11.7. The van der Waals surface area contributed by atoms with E-state index in [0.717, 1.165) is 17.0 Å². The molecular weight excluding hydrogens is 440 g/mol. The normalized spacial score (nSPS) is 11.7. The van der Waals surface area contributed by atoms with Gasteiger partial charge in [0.15, 0.2) is 15.5 Å². The number of sulfone groups is 1. The summed E-state index contributed by atoms with van der Waals surface area (Å²) in [6.07, 6.45) is 1.15. The van der Waals surface area contributed by atoms with Crippen molar-refractivity contribution in [2.75, 3.05) is 20.0 Å². The molecular formula is C22H19ClN2O5S. The maximum Gasteiger partial charge on any atom is 0.359 e. The second-order valence-electron chi connectivity index (χ2n) is 6.89. The molecule has 3 aromatic carbocycles. The molecule has 0 atom stereocenters. The third kappa shape index (κ3) is 3.62. The summed E-state index contributed by atoms with van der Waals surface area (Å²) < 4.78 is 35.7. The zero-order valence-corrected chi connectivity index (χ0v) is 18.6. The van der Waals surface area contributed by atoms with Gasteiger partial charge >= 0.3 is 5.97 Å². The highest BCUT2D eigenvalue weighted by atomic mass is 35.5. The molecule has 0 aliphatic rings. The van der Waals surface area contributed by atoms with E-state index in [2.05, 4.69) is 5.10 Å². The predicted octanol–water partition coefficient (Wildman–Crippen LogP) is 4.42. The SMILES string of the molecule is CCOC(=O)c1nn(-c2ccc(S(C)(=O)=O)cc2)c2c1ccc1c(Cl)c(OC)ccc12. The largest absolute Gasteiger partial charge is 0.495 e. The number of carbonyl (C=O) groups excluding carboxylic acids is 1. The van der Waals surface area contributed by atoms with Crippen LogP contribution < -0.4 is 4.74 Å². The van der Waals surface area contributed by atoms with Crippen LogP contribution in [-0.4, -0.2) is 44.1 Å². The molecule has 0 aliphatic carbocycles. The third-order valence-corrected chi connectivity index (χ3v) is 6.45. The zero-order valence-electron chi connectivity index (χ0n) is 17.0. The lowest BCUT2D eigenvalue weighted by molar-refractivity contribution is 0.0521. The standard InChI is InChI=1S/C22H19ClN2O5S/c1-4-30-22(26)20-17-10-9-15-16(11-12-18(29-2)19(15)23)21(17)25(24-20)13-5-7-14(8-6-13)31(3,27)28/h5-12H,4H2,1-3H3. The molecule has 0 N–H and O–H groups in total. The molecule has 0 spiro atoms. The lowest BCUT2D eigenvalue weighted by Crippen LogP contribution is -2.07. The molecule has 0 fully saturated rings. The Bertz CT molecular complexity index is 1430. The van der Waals surface area contributed by atoms with Crippen LogP contribution in [0.2, 0.25) is 5.02 Å². The van der Waals surface area contributed by atoms with Crippen LogP contribution in [-0.2, 0) is 14.6 Å². The van der Waals surface area contributed by atoms with Crippen molar-refractivity contribution in [3.63, 3.8) is 0 Å². The molecule has 160 valence electrons. The minimum atomic E-state index is -3.34. The molecule has 0 saturated heterocycles. The Labute approximate surface area is 184 Å². The van der Waals surface area contributed by atoms with Gasteiger partial charge < -0.3 is 9.47 Å². The average Bonchev–Trinajstić information content (AvgIpc) is 3.14. The lowest BCUT2D eigenvalue weighted by Gasteiger charge is -2.10. The molecule has 9 heteroatoms. The summed E-state index contributed by atoms with van der Waals surface area (Å²) in [6, 6.07) is 13.5. The number of carbonyl (C=O) groups is 1. The summed E-state index contributed by atoms with van der Waals surface area (Å²) in [5.74, 6) is -0.0133. The first-order valence-electron chi connectivity index (χ1n) is 9.41. The van der Waals surface area contributed by atoms with Gasteiger partial charge in [0.05, 0.1) is 34.8 Å². The molecule has 0 aliphatic heterocycles. The molecule has 0 amide bonds. The number of halogens is 1. The fraction of sp³-hybridized carbons (Fsp3) is 0.182. The van der Waals surface area contributed by atoms with E-state index in [-0.39, 0.29) is 17.2 Å². The van der Waals surface area contributed by atoms with Crippen LogP contribution in [0.1, 0.15) is 17.4 Å². The summed E-state index contributed by atoms with van der Waals surface area (Å²) in [4.78, 5) is 12.8. The maximum absolute atomic E-state index is 12.6. The minimum Gasteiger partial charge on any atom is -0.495 e. The summed E-state index contributed by atoms with van der Waals surface area (Å²) >= 11 is 6.52. The van der Waals surface area contributed by atoms with E-state index in [9.17, 15) is 13.2 Å². The van der Waals surface area contributed by atoms with Crippen molar-refractivity contribution >= 4 is 49.1 Å². The fourth-order valence-corrected chi connectivity index (χ4v) is 4.42. The first kappa shape index (κ1) is 21.1. The number of hydrogen-bond donors (Lipinski definition) is 0. The predicted molar refractivity (Wildman–Crippen MR) is 119 cm³/mol. The number of fused-ring (bicyclic) bond motifs is 3. The first-order chi connectivity index (χ1) is 14.8. The highest BCUT2D eigenvalue weighted by Crippen LogP contribution is 2.38. The Kier molecular flexibility index (Phi) is 5.36. The molecule has 1 aromatic heterocycles. The molecule has 4 aromatic rings. The Morgan fingerprint density at radius 1 is 1.03 bits per heavy atom. The number of esters is 1. The van der Waals surface area contributed by atoms with Gasteiger partial charge in [0, 0.05) is 22.4 Å². The van der Waals surface area contributed by atoms with Crippen LogP contribution in [0.5, 0.6) is 5.75 Å². The van der Waals surface area contributed by atoms with E-state index < -0.39 is 15.8 Å². The molecule has 4 rings (SSSR count). The maximum atomic E-state index is 12.6. The van der Waals surface area contributed by atoms with Gasteiger partial charge in [0.2, 0.25) is 0 Å². The van der Waals surface area contributed by atoms with E-state index >= 15 is 0 Å². The highest BCUT2D eigenvalue weighted by molar-refractivity contribution is 7.90. The van der Waals surface area contributed by atoms with Gasteiger partial charge in [-0.2, -0.15) is 5.10 Å². The second-order valence-corrected chi connectivity index (χ2v) is 9.28. The topological polar surface area (TPSA) is 87.5 Å². The summed E-state index contributed by atoms with van der Waals surface area (Å²) in [6.45, 7) is 1.94. The van der Waals surface area contributed by atoms with Crippen LogP contribution in [0.25, 0.3) is 27.4 Å². The Morgan fingerprint density at radius 2 is 1.68 bits per heavy atom. The number of methoxy groups -OCH3 is 1. The van der Waals surface area contributed by atoms with Crippen molar-refractivity contribution < 1.29 is 22.7 Å². The highest BCUT2D eigenvalue weighted by Gasteiger charge is 2.22. The van der Waals surface area contributed by atoms with Crippen molar-refractivity contribution in [3.8, 4) is 11.4 Å². The van der Waals surface area contributed by atoms with Gasteiger partial charge in [-0.1, -0.05) is 17.7 Å². The van der Waals surface area contributed by atoms with Crippen LogP contribution in [0.4, 0.5) is 0 Å². The van der Waals surface area contributed by atoms with E-state index in [4.69, 9.17) is 21.1 Å². The zero-order chi connectivity index (χ0) is 22.3. The Balaban J connectivity index is 2.05. The Morgan fingerprint density at radius 3 is 2.29 bits per heavy atom. The number of aromatic nitrogens is 2. The summed E-state index contributed by atoms with van der Waals surface area (Å²) in [7, 11) is -1.80. The number of ether oxygens (including phenoxy) is 2. The molecule has 0 unspecified atom stereocenters. The van der Waals surface area contributed by atoms with E-state index in [1.165, 1.54) is 19.2 Å². The van der Waals surface area contributed by atoms with Crippen molar-refractivity contribution in [2.45, 2.75) is 11.8 Å². The van der Waals surface area contributed by atoms with Gasteiger partial charge in [-0.25, -0.2) is 17.9 Å². The lowest BCUT2D eigenvalue weighted by atomic mass is 10.1. The van der Waals surface area contributed by atoms with Gasteiger partial charge in [-0.15, -0.1) is 0 Å². The minimum absolute atomic E-state index is 0.165. The van der Waals surface area contributed by atoms with Crippen LogP contribution >= 0.6 is 11.6 Å². The third-order valence-electron chi connectivity index (χ3n) is 4.94. The van der Waals surface area contributed by atoms with Crippen LogP contribution in [0.3, 0.4) is 0 Å². The summed E-state index contributed by atoms with van der Waals surface area (Å²) in [5.41, 5.74) is 1.41. The van der Waals surface area contributed by atoms with Crippen molar-refractivity contribution in [2.24, 2.45) is 0 Å². The van der Waals surface area contributed by atoms with Gasteiger partial charge in [-0.05, 0) is 49.4 Å². The molecule has 31 heavy (non-hydrogen) atoms. The molecule has 0 bridgehead atoms. The van der Waals surface area contributed by atoms with Crippen LogP contribution in [0.15, 0.2) is 53.4 Å².